The standard InChI is InChI=1S/C18H31N3O/c1-15-12-16(2)14-17(13-15)8-10-21-18(19-3)20-9-6-5-7-11-22-4/h12-14H,5-11H2,1-4H3,(H2,19,20,21). The molecule has 0 saturated heterocycles. The lowest BCUT2D eigenvalue weighted by Gasteiger charge is -2.12. The van der Waals surface area contributed by atoms with Gasteiger partial charge in [0, 0.05) is 33.9 Å². The van der Waals surface area contributed by atoms with Crippen molar-refractivity contribution in [3.63, 3.8) is 0 Å². The van der Waals surface area contributed by atoms with E-state index in [4.69, 9.17) is 4.74 Å². The van der Waals surface area contributed by atoms with Gasteiger partial charge in [0.05, 0.1) is 0 Å². The minimum atomic E-state index is 0.850. The Morgan fingerprint density at radius 2 is 1.68 bits per heavy atom. The SMILES string of the molecule is CN=C(NCCCCCOC)NCCc1cc(C)cc(C)c1. The van der Waals surface area contributed by atoms with Gasteiger partial charge in [0.15, 0.2) is 5.96 Å². The van der Waals surface area contributed by atoms with E-state index in [1.54, 1.807) is 7.11 Å². The van der Waals surface area contributed by atoms with Crippen LogP contribution in [-0.2, 0) is 11.2 Å². The second-order valence-corrected chi connectivity index (χ2v) is 5.73. The smallest absolute Gasteiger partial charge is 0.190 e. The fourth-order valence-corrected chi connectivity index (χ4v) is 2.51. The van der Waals surface area contributed by atoms with Crippen LogP contribution in [0.1, 0.15) is 36.0 Å². The number of methoxy groups -OCH3 is 1. The maximum absolute atomic E-state index is 5.05. The number of benzene rings is 1. The third-order valence-corrected chi connectivity index (χ3v) is 3.53. The lowest BCUT2D eigenvalue weighted by atomic mass is 10.1. The summed E-state index contributed by atoms with van der Waals surface area (Å²) in [5, 5.41) is 6.73. The summed E-state index contributed by atoms with van der Waals surface area (Å²) in [7, 11) is 3.57. The summed E-state index contributed by atoms with van der Waals surface area (Å²) in [5.74, 6) is 0.885. The molecule has 0 aliphatic heterocycles. The lowest BCUT2D eigenvalue weighted by molar-refractivity contribution is 0.192. The molecule has 0 aliphatic rings. The highest BCUT2D eigenvalue weighted by atomic mass is 16.5. The first-order chi connectivity index (χ1) is 10.7. The highest BCUT2D eigenvalue weighted by molar-refractivity contribution is 5.79. The topological polar surface area (TPSA) is 45.7 Å². The Morgan fingerprint density at radius 3 is 2.32 bits per heavy atom. The molecule has 0 fully saturated rings. The van der Waals surface area contributed by atoms with E-state index in [2.05, 4.69) is 47.7 Å². The monoisotopic (exact) mass is 305 g/mol. The number of guanidine groups is 1. The fourth-order valence-electron chi connectivity index (χ4n) is 2.51. The van der Waals surface area contributed by atoms with E-state index < -0.39 is 0 Å². The number of nitrogens with one attached hydrogen (secondary N) is 2. The Kier molecular flexibility index (Phi) is 9.31. The fraction of sp³-hybridized carbons (Fsp3) is 0.611. The maximum Gasteiger partial charge on any atom is 0.190 e. The molecule has 2 N–H and O–H groups in total. The molecule has 0 radical (unpaired) electrons. The molecule has 0 bridgehead atoms. The van der Waals surface area contributed by atoms with Gasteiger partial charge in [-0.2, -0.15) is 0 Å². The second-order valence-electron chi connectivity index (χ2n) is 5.73. The molecule has 22 heavy (non-hydrogen) atoms. The summed E-state index contributed by atoms with van der Waals surface area (Å²) < 4.78 is 5.05. The summed E-state index contributed by atoms with van der Waals surface area (Å²) >= 11 is 0. The van der Waals surface area contributed by atoms with Crippen molar-refractivity contribution < 1.29 is 4.74 Å². The molecule has 0 aliphatic carbocycles. The van der Waals surface area contributed by atoms with Crippen LogP contribution in [0.2, 0.25) is 0 Å². The van der Waals surface area contributed by atoms with E-state index in [9.17, 15) is 0 Å². The third-order valence-electron chi connectivity index (χ3n) is 3.53. The van der Waals surface area contributed by atoms with Gasteiger partial charge in [-0.25, -0.2) is 0 Å². The molecule has 124 valence electrons. The Balaban J connectivity index is 2.21. The molecular formula is C18H31N3O. The number of hydrogen-bond acceptors (Lipinski definition) is 2. The van der Waals surface area contributed by atoms with Crippen LogP contribution in [0.4, 0.5) is 0 Å². The maximum atomic E-state index is 5.05. The highest BCUT2D eigenvalue weighted by Crippen LogP contribution is 2.08. The predicted molar refractivity (Wildman–Crippen MR) is 94.7 cm³/mol. The van der Waals surface area contributed by atoms with Gasteiger partial charge in [0.25, 0.3) is 0 Å². The zero-order chi connectivity index (χ0) is 16.2. The average molecular weight is 305 g/mol. The number of nitrogens with zero attached hydrogens (tertiary/aromatic N) is 1. The van der Waals surface area contributed by atoms with Gasteiger partial charge >= 0.3 is 0 Å². The summed E-state index contributed by atoms with van der Waals surface area (Å²) in [5.41, 5.74) is 4.03. The first kappa shape index (κ1) is 18.5. The van der Waals surface area contributed by atoms with E-state index in [0.29, 0.717) is 0 Å². The molecular weight excluding hydrogens is 274 g/mol. The molecule has 1 aromatic rings. The van der Waals surface area contributed by atoms with E-state index >= 15 is 0 Å². The van der Waals surface area contributed by atoms with Gasteiger partial charge in [-0.05, 0) is 45.1 Å². The molecule has 4 nitrogen and oxygen atoms in total. The lowest BCUT2D eigenvalue weighted by Crippen LogP contribution is -2.38. The van der Waals surface area contributed by atoms with Crippen molar-refractivity contribution in [3.05, 3.63) is 34.9 Å². The zero-order valence-electron chi connectivity index (χ0n) is 14.5. The largest absolute Gasteiger partial charge is 0.385 e. The number of ether oxygens (including phenoxy) is 1. The first-order valence-corrected chi connectivity index (χ1v) is 8.16. The quantitative estimate of drug-likeness (QED) is 0.419. The molecule has 1 rings (SSSR count). The number of rotatable bonds is 9. The molecule has 0 aromatic heterocycles. The van der Waals surface area contributed by atoms with Crippen molar-refractivity contribution in [2.75, 3.05) is 33.9 Å². The third kappa shape index (κ3) is 8.03. The van der Waals surface area contributed by atoms with Gasteiger partial charge in [-0.1, -0.05) is 29.3 Å². The Morgan fingerprint density at radius 1 is 1.00 bits per heavy atom. The first-order valence-electron chi connectivity index (χ1n) is 8.16. The van der Waals surface area contributed by atoms with Gasteiger partial charge < -0.3 is 15.4 Å². The van der Waals surface area contributed by atoms with Gasteiger partial charge in [0.1, 0.15) is 0 Å². The highest BCUT2D eigenvalue weighted by Gasteiger charge is 1.99. The number of hydrogen-bond donors (Lipinski definition) is 2. The molecule has 0 spiro atoms. The van der Waals surface area contributed by atoms with Crippen LogP contribution in [0.5, 0.6) is 0 Å². The van der Waals surface area contributed by atoms with Crippen LogP contribution in [0.15, 0.2) is 23.2 Å². The number of aliphatic imine (C=N–C) groups is 1. The number of aryl methyl sites for hydroxylation is 2. The van der Waals surface area contributed by atoms with Crippen LogP contribution < -0.4 is 10.6 Å². The van der Waals surface area contributed by atoms with E-state index in [1.165, 1.54) is 23.1 Å². The van der Waals surface area contributed by atoms with Crippen molar-refractivity contribution in [2.24, 2.45) is 4.99 Å². The van der Waals surface area contributed by atoms with Crippen molar-refractivity contribution in [2.45, 2.75) is 39.5 Å². The van der Waals surface area contributed by atoms with E-state index in [-0.39, 0.29) is 0 Å². The summed E-state index contributed by atoms with van der Waals surface area (Å²) in [6, 6.07) is 6.71. The minimum absolute atomic E-state index is 0.850. The van der Waals surface area contributed by atoms with Crippen molar-refractivity contribution in [1.29, 1.82) is 0 Å². The van der Waals surface area contributed by atoms with Gasteiger partial charge in [-0.15, -0.1) is 0 Å². The van der Waals surface area contributed by atoms with Crippen LogP contribution >= 0.6 is 0 Å². The van der Waals surface area contributed by atoms with Crippen molar-refractivity contribution in [1.82, 2.24) is 10.6 Å². The molecule has 0 saturated carbocycles. The van der Waals surface area contributed by atoms with E-state index in [1.807, 2.05) is 7.05 Å². The minimum Gasteiger partial charge on any atom is -0.385 e. The van der Waals surface area contributed by atoms with Gasteiger partial charge in [0.2, 0.25) is 0 Å². The molecule has 4 heteroatoms. The van der Waals surface area contributed by atoms with Crippen LogP contribution in [0, 0.1) is 13.8 Å². The second kappa shape index (κ2) is 11.1. The predicted octanol–water partition coefficient (Wildman–Crippen LogP) is 2.83. The summed E-state index contributed by atoms with van der Waals surface area (Å²) in [6.07, 6.45) is 4.45. The Bertz CT molecular complexity index is 437. The summed E-state index contributed by atoms with van der Waals surface area (Å²) in [6.45, 7) is 6.99. The average Bonchev–Trinajstić information content (AvgIpc) is 2.48. The van der Waals surface area contributed by atoms with Crippen LogP contribution in [-0.4, -0.2) is 39.8 Å². The van der Waals surface area contributed by atoms with Crippen molar-refractivity contribution in [3.8, 4) is 0 Å². The van der Waals surface area contributed by atoms with Crippen molar-refractivity contribution >= 4 is 5.96 Å². The normalized spacial score (nSPS) is 11.5. The van der Waals surface area contributed by atoms with Crippen LogP contribution in [0.3, 0.4) is 0 Å². The Labute approximate surface area is 135 Å². The number of unbranched alkanes of at least 4 members (excludes halogenated alkanes) is 2. The van der Waals surface area contributed by atoms with Gasteiger partial charge in [-0.3, -0.25) is 4.99 Å². The van der Waals surface area contributed by atoms with E-state index in [0.717, 1.165) is 44.9 Å². The summed E-state index contributed by atoms with van der Waals surface area (Å²) in [4.78, 5) is 4.26. The molecule has 0 heterocycles. The molecule has 1 aromatic carbocycles. The van der Waals surface area contributed by atoms with Crippen LogP contribution in [0.25, 0.3) is 0 Å². The molecule has 0 amide bonds. The Hall–Kier alpha value is -1.55. The molecule has 0 unspecified atom stereocenters. The zero-order valence-corrected chi connectivity index (χ0v) is 14.5. The molecule has 0 atom stereocenters.